The molecule has 1 aromatic carbocycles. The maximum absolute atomic E-state index is 11.7. The van der Waals surface area contributed by atoms with Gasteiger partial charge in [0.25, 0.3) is 0 Å². The molecule has 0 aliphatic rings. The van der Waals surface area contributed by atoms with Gasteiger partial charge in [-0.3, -0.25) is 0 Å². The van der Waals surface area contributed by atoms with E-state index in [9.17, 15) is 9.59 Å². The zero-order chi connectivity index (χ0) is 23.1. The van der Waals surface area contributed by atoms with E-state index in [0.717, 1.165) is 0 Å². The minimum atomic E-state index is -0.411. The fourth-order valence-corrected chi connectivity index (χ4v) is 2.16. The Balaban J connectivity index is 1.72. The van der Waals surface area contributed by atoms with Crippen LogP contribution in [0.25, 0.3) is 0 Å². The zero-order valence-electron chi connectivity index (χ0n) is 18.7. The number of benzene rings is 1. The van der Waals surface area contributed by atoms with Gasteiger partial charge in [0.15, 0.2) is 0 Å². The van der Waals surface area contributed by atoms with E-state index in [1.165, 1.54) is 7.11 Å². The summed E-state index contributed by atoms with van der Waals surface area (Å²) in [6, 6.07) is 8.82. The van der Waals surface area contributed by atoms with Crippen LogP contribution in [0.3, 0.4) is 0 Å². The van der Waals surface area contributed by atoms with Gasteiger partial charge in [0, 0.05) is 0 Å². The quantitative estimate of drug-likeness (QED) is 0.196. The fraction of sp³-hybridized carbons (Fsp3) is 0.636. The topological polar surface area (TPSA) is 108 Å². The number of hydrogen-bond acceptors (Lipinski definition) is 10. The van der Waals surface area contributed by atoms with E-state index in [1.807, 2.05) is 6.07 Å². The van der Waals surface area contributed by atoms with Gasteiger partial charge >= 0.3 is 11.9 Å². The van der Waals surface area contributed by atoms with Crippen molar-refractivity contribution in [1.82, 2.24) is 0 Å². The highest BCUT2D eigenvalue weighted by Crippen LogP contribution is 2.00. The number of hydrogen-bond donors (Lipinski definition) is 0. The number of esters is 2. The van der Waals surface area contributed by atoms with Crippen LogP contribution in [0.15, 0.2) is 30.3 Å². The first-order valence-corrected chi connectivity index (χ1v) is 10.5. The molecule has 0 saturated heterocycles. The molecule has 0 bridgehead atoms. The number of ether oxygens (including phenoxy) is 8. The average molecular weight is 459 g/mol. The summed E-state index contributed by atoms with van der Waals surface area (Å²) in [5.74, 6) is -0.771. The van der Waals surface area contributed by atoms with Crippen molar-refractivity contribution >= 4 is 11.9 Å². The maximum atomic E-state index is 11.7. The number of rotatable bonds is 21. The summed E-state index contributed by atoms with van der Waals surface area (Å²) in [6.45, 7) is 4.76. The highest BCUT2D eigenvalue weighted by atomic mass is 16.6. The lowest BCUT2D eigenvalue weighted by Crippen LogP contribution is -2.16. The van der Waals surface area contributed by atoms with Crippen LogP contribution >= 0.6 is 0 Å². The van der Waals surface area contributed by atoms with E-state index in [2.05, 4.69) is 4.74 Å². The van der Waals surface area contributed by atoms with Gasteiger partial charge in [-0.15, -0.1) is 0 Å². The molecule has 0 atom stereocenters. The number of methoxy groups -OCH3 is 1. The Morgan fingerprint density at radius 2 is 1.00 bits per heavy atom. The SMILES string of the molecule is COC(=O)COCCOCCOCCOCCOCCOCCOC(=O)c1ccccc1. The molecule has 0 radical (unpaired) electrons. The van der Waals surface area contributed by atoms with Crippen molar-refractivity contribution in [2.75, 3.05) is 93.0 Å². The van der Waals surface area contributed by atoms with Gasteiger partial charge in [-0.2, -0.15) is 0 Å². The second-order valence-electron chi connectivity index (χ2n) is 6.19. The Morgan fingerprint density at radius 1 is 0.594 bits per heavy atom. The van der Waals surface area contributed by atoms with Crippen molar-refractivity contribution < 1.29 is 47.5 Å². The lowest BCUT2D eigenvalue weighted by Gasteiger charge is -2.08. The predicted molar refractivity (Wildman–Crippen MR) is 114 cm³/mol. The molecular weight excluding hydrogens is 424 g/mol. The van der Waals surface area contributed by atoms with Gasteiger partial charge < -0.3 is 37.9 Å². The molecule has 0 N–H and O–H groups in total. The van der Waals surface area contributed by atoms with E-state index < -0.39 is 5.97 Å². The number of carbonyl (C=O) groups is 2. The third-order valence-corrected chi connectivity index (χ3v) is 3.78. The first kappa shape index (κ1) is 28.0. The molecule has 1 rings (SSSR count). The summed E-state index contributed by atoms with van der Waals surface area (Å²) in [4.78, 5) is 22.5. The van der Waals surface area contributed by atoms with E-state index >= 15 is 0 Å². The molecule has 182 valence electrons. The summed E-state index contributed by atoms with van der Waals surface area (Å²) in [5, 5.41) is 0. The molecule has 0 heterocycles. The predicted octanol–water partition coefficient (Wildman–Crippen LogP) is 1.12. The molecule has 0 aliphatic carbocycles. The molecular formula is C22H34O10. The monoisotopic (exact) mass is 458 g/mol. The van der Waals surface area contributed by atoms with E-state index in [0.29, 0.717) is 78.2 Å². The second kappa shape index (κ2) is 20.8. The van der Waals surface area contributed by atoms with Crippen molar-refractivity contribution in [1.29, 1.82) is 0 Å². The van der Waals surface area contributed by atoms with Gasteiger partial charge in [-0.25, -0.2) is 9.59 Å². The van der Waals surface area contributed by atoms with Crippen LogP contribution in [0.1, 0.15) is 10.4 Å². The molecule has 0 aromatic heterocycles. The van der Waals surface area contributed by atoms with Crippen LogP contribution in [-0.2, 0) is 42.7 Å². The third-order valence-electron chi connectivity index (χ3n) is 3.78. The molecule has 0 fully saturated rings. The molecule has 0 spiro atoms. The van der Waals surface area contributed by atoms with Crippen LogP contribution in [0.4, 0.5) is 0 Å². The largest absolute Gasteiger partial charge is 0.467 e. The van der Waals surface area contributed by atoms with Crippen LogP contribution in [-0.4, -0.2) is 105 Å². The molecule has 0 saturated carbocycles. The maximum Gasteiger partial charge on any atom is 0.338 e. The Labute approximate surface area is 189 Å². The summed E-state index contributed by atoms with van der Waals surface area (Å²) in [7, 11) is 1.31. The average Bonchev–Trinajstić information content (AvgIpc) is 2.83. The first-order chi connectivity index (χ1) is 15.7. The standard InChI is InChI=1S/C22H34O10/c1-25-21(23)19-31-16-15-29-12-11-27-8-7-26-9-10-28-13-14-30-17-18-32-22(24)20-5-3-2-4-6-20/h2-6H,7-19H2,1H3. The summed E-state index contributed by atoms with van der Waals surface area (Å²) in [6.07, 6.45) is 0. The number of carbonyl (C=O) groups excluding carboxylic acids is 2. The van der Waals surface area contributed by atoms with Crippen LogP contribution in [0, 0.1) is 0 Å². The Bertz CT molecular complexity index is 581. The lowest BCUT2D eigenvalue weighted by atomic mass is 10.2. The smallest absolute Gasteiger partial charge is 0.338 e. The summed E-state index contributed by atoms with van der Waals surface area (Å²) < 4.78 is 41.4. The third kappa shape index (κ3) is 16.6. The highest BCUT2D eigenvalue weighted by Gasteiger charge is 2.05. The molecule has 10 nitrogen and oxygen atoms in total. The van der Waals surface area contributed by atoms with E-state index in [4.69, 9.17) is 33.2 Å². The second-order valence-corrected chi connectivity index (χ2v) is 6.19. The Hall–Kier alpha value is -2.08. The van der Waals surface area contributed by atoms with E-state index in [-0.39, 0.29) is 19.2 Å². The van der Waals surface area contributed by atoms with Crippen molar-refractivity contribution in [3.05, 3.63) is 35.9 Å². The fourth-order valence-electron chi connectivity index (χ4n) is 2.16. The van der Waals surface area contributed by atoms with Gasteiger partial charge in [-0.1, -0.05) is 18.2 Å². The molecule has 1 aromatic rings. The summed E-state index contributed by atoms with van der Waals surface area (Å²) in [5.41, 5.74) is 0.522. The van der Waals surface area contributed by atoms with Gasteiger partial charge in [0.05, 0.1) is 85.3 Å². The van der Waals surface area contributed by atoms with Gasteiger partial charge in [0.2, 0.25) is 0 Å². The first-order valence-electron chi connectivity index (χ1n) is 10.5. The van der Waals surface area contributed by atoms with E-state index in [1.54, 1.807) is 24.3 Å². The van der Waals surface area contributed by atoms with Crippen molar-refractivity contribution in [3.8, 4) is 0 Å². The van der Waals surface area contributed by atoms with Crippen LogP contribution in [0.2, 0.25) is 0 Å². The molecule has 10 heteroatoms. The highest BCUT2D eigenvalue weighted by molar-refractivity contribution is 5.89. The van der Waals surface area contributed by atoms with Crippen molar-refractivity contribution in [2.45, 2.75) is 0 Å². The van der Waals surface area contributed by atoms with Crippen LogP contribution < -0.4 is 0 Å². The molecule has 0 unspecified atom stereocenters. The lowest BCUT2D eigenvalue weighted by molar-refractivity contribution is -0.146. The van der Waals surface area contributed by atoms with Crippen molar-refractivity contribution in [2.24, 2.45) is 0 Å². The summed E-state index contributed by atoms with van der Waals surface area (Å²) >= 11 is 0. The Morgan fingerprint density at radius 3 is 1.44 bits per heavy atom. The molecule has 0 aliphatic heterocycles. The zero-order valence-corrected chi connectivity index (χ0v) is 18.7. The Kier molecular flexibility index (Phi) is 18.2. The van der Waals surface area contributed by atoms with Gasteiger partial charge in [-0.05, 0) is 12.1 Å². The minimum absolute atomic E-state index is 0.0727. The minimum Gasteiger partial charge on any atom is -0.467 e. The normalized spacial score (nSPS) is 10.8. The van der Waals surface area contributed by atoms with Gasteiger partial charge in [0.1, 0.15) is 13.2 Å². The molecule has 32 heavy (non-hydrogen) atoms. The molecule has 0 amide bonds. The van der Waals surface area contributed by atoms with Crippen LogP contribution in [0.5, 0.6) is 0 Å². The van der Waals surface area contributed by atoms with Crippen molar-refractivity contribution in [3.63, 3.8) is 0 Å².